The Bertz CT molecular complexity index is 1060. The number of amides is 1. The van der Waals surface area contributed by atoms with Gasteiger partial charge in [0.1, 0.15) is 5.25 Å². The van der Waals surface area contributed by atoms with Crippen LogP contribution < -0.4 is 5.32 Å². The van der Waals surface area contributed by atoms with Crippen LogP contribution in [0.15, 0.2) is 84.1 Å². The summed E-state index contributed by atoms with van der Waals surface area (Å²) >= 11 is 1.39. The molecule has 0 aliphatic carbocycles. The Morgan fingerprint density at radius 1 is 0.963 bits per heavy atom. The van der Waals surface area contributed by atoms with Crippen molar-refractivity contribution in [2.24, 2.45) is 0 Å². The third-order valence-corrected chi connectivity index (χ3v) is 5.38. The Morgan fingerprint density at radius 3 is 2.48 bits per heavy atom. The van der Waals surface area contributed by atoms with Gasteiger partial charge in [-0.25, -0.2) is 0 Å². The number of carbonyl (C=O) groups is 1. The van der Waals surface area contributed by atoms with Crippen LogP contribution in [-0.2, 0) is 4.79 Å². The second-order valence-electron chi connectivity index (χ2n) is 6.18. The number of benzene rings is 2. The maximum atomic E-state index is 13.1. The van der Waals surface area contributed by atoms with E-state index in [1.807, 2.05) is 90.3 Å². The van der Waals surface area contributed by atoms with Crippen LogP contribution in [0, 0.1) is 6.92 Å². The molecule has 2 aromatic heterocycles. The van der Waals surface area contributed by atoms with E-state index in [1.54, 1.807) is 0 Å². The summed E-state index contributed by atoms with van der Waals surface area (Å²) in [6.45, 7) is 2.02. The summed E-state index contributed by atoms with van der Waals surface area (Å²) in [6, 6.07) is 23.2. The number of nitrogens with zero attached hydrogens (tertiary/aromatic N) is 3. The van der Waals surface area contributed by atoms with Crippen molar-refractivity contribution in [3.05, 3.63) is 90.1 Å². The van der Waals surface area contributed by atoms with Crippen molar-refractivity contribution in [1.82, 2.24) is 14.6 Å². The van der Waals surface area contributed by atoms with Crippen LogP contribution in [0.25, 0.3) is 5.65 Å². The molecule has 1 atom stereocenters. The normalized spacial score (nSPS) is 12.0. The predicted molar refractivity (Wildman–Crippen MR) is 108 cm³/mol. The molecule has 6 heteroatoms. The van der Waals surface area contributed by atoms with Crippen molar-refractivity contribution < 1.29 is 4.79 Å². The van der Waals surface area contributed by atoms with Gasteiger partial charge in [-0.2, -0.15) is 0 Å². The summed E-state index contributed by atoms with van der Waals surface area (Å²) in [4.78, 5) is 13.1. The summed E-state index contributed by atoms with van der Waals surface area (Å²) in [7, 11) is 0. The average molecular weight is 374 g/mol. The van der Waals surface area contributed by atoms with Crippen LogP contribution in [0.5, 0.6) is 0 Å². The Balaban J connectivity index is 1.64. The van der Waals surface area contributed by atoms with Gasteiger partial charge in [0.15, 0.2) is 10.8 Å². The van der Waals surface area contributed by atoms with Gasteiger partial charge in [-0.1, -0.05) is 65.9 Å². The Morgan fingerprint density at radius 2 is 1.70 bits per heavy atom. The van der Waals surface area contributed by atoms with Crippen molar-refractivity contribution in [3.63, 3.8) is 0 Å². The average Bonchev–Trinajstić information content (AvgIpc) is 3.11. The fourth-order valence-corrected chi connectivity index (χ4v) is 3.78. The fourth-order valence-electron chi connectivity index (χ4n) is 2.75. The minimum atomic E-state index is -0.444. The zero-order valence-corrected chi connectivity index (χ0v) is 15.6. The Labute approximate surface area is 161 Å². The first-order chi connectivity index (χ1) is 13.2. The lowest BCUT2D eigenvalue weighted by Gasteiger charge is -2.16. The van der Waals surface area contributed by atoms with E-state index in [9.17, 15) is 4.79 Å². The number of anilines is 1. The third-order valence-electron chi connectivity index (χ3n) is 4.17. The highest BCUT2D eigenvalue weighted by Crippen LogP contribution is 2.35. The number of hydrogen-bond acceptors (Lipinski definition) is 4. The molecule has 1 N–H and O–H groups in total. The lowest BCUT2D eigenvalue weighted by atomic mass is 10.1. The number of aryl methyl sites for hydroxylation is 1. The molecule has 1 amide bonds. The Hall–Kier alpha value is -3.12. The van der Waals surface area contributed by atoms with E-state index in [1.165, 1.54) is 11.8 Å². The van der Waals surface area contributed by atoms with Gasteiger partial charge in [-0.05, 0) is 36.8 Å². The van der Waals surface area contributed by atoms with E-state index in [-0.39, 0.29) is 5.91 Å². The molecule has 0 aliphatic heterocycles. The predicted octanol–water partition coefficient (Wildman–Crippen LogP) is 4.51. The number of thioether (sulfide) groups is 1. The minimum Gasteiger partial charge on any atom is -0.325 e. The molecule has 2 heterocycles. The van der Waals surface area contributed by atoms with Gasteiger partial charge >= 0.3 is 0 Å². The molecule has 5 nitrogen and oxygen atoms in total. The first-order valence-electron chi connectivity index (χ1n) is 8.59. The SMILES string of the molecule is Cc1ccc(NC(=O)[C@@H](Sc2nnc3ccccn23)c2ccccc2)cc1. The standard InChI is InChI=1S/C21H18N4OS/c1-15-10-12-17(13-11-15)22-20(26)19(16-7-3-2-4-8-16)27-21-24-23-18-9-5-6-14-25(18)21/h2-14,19H,1H3,(H,22,26)/t19-/m0/s1. The van der Waals surface area contributed by atoms with E-state index in [2.05, 4.69) is 15.5 Å². The fraction of sp³-hybridized carbons (Fsp3) is 0.0952. The molecule has 0 saturated heterocycles. The van der Waals surface area contributed by atoms with Crippen molar-refractivity contribution >= 4 is 29.0 Å². The maximum Gasteiger partial charge on any atom is 0.242 e. The van der Waals surface area contributed by atoms with Crippen LogP contribution in [0.3, 0.4) is 0 Å². The first kappa shape index (κ1) is 17.3. The number of carbonyl (C=O) groups excluding carboxylic acids is 1. The van der Waals surface area contributed by atoms with Crippen LogP contribution in [-0.4, -0.2) is 20.5 Å². The zero-order valence-electron chi connectivity index (χ0n) is 14.7. The zero-order chi connectivity index (χ0) is 18.6. The van der Waals surface area contributed by atoms with Gasteiger partial charge in [-0.3, -0.25) is 9.20 Å². The van der Waals surface area contributed by atoms with Crippen molar-refractivity contribution in [3.8, 4) is 0 Å². The molecule has 4 rings (SSSR count). The molecular formula is C21H18N4OS. The van der Waals surface area contributed by atoms with Gasteiger partial charge in [0.2, 0.25) is 5.91 Å². The van der Waals surface area contributed by atoms with E-state index in [0.717, 1.165) is 22.5 Å². The first-order valence-corrected chi connectivity index (χ1v) is 9.47. The topological polar surface area (TPSA) is 59.3 Å². The summed E-state index contributed by atoms with van der Waals surface area (Å²) in [5.74, 6) is -0.0947. The van der Waals surface area contributed by atoms with Gasteiger partial charge in [0, 0.05) is 11.9 Å². The number of nitrogens with one attached hydrogen (secondary N) is 1. The maximum absolute atomic E-state index is 13.1. The largest absolute Gasteiger partial charge is 0.325 e. The molecule has 0 bridgehead atoms. The third kappa shape index (κ3) is 3.85. The summed E-state index contributed by atoms with van der Waals surface area (Å²) in [5, 5.41) is 11.7. The second-order valence-corrected chi connectivity index (χ2v) is 7.25. The summed E-state index contributed by atoms with van der Waals surface area (Å²) in [6.07, 6.45) is 1.90. The molecule has 0 radical (unpaired) electrons. The molecular weight excluding hydrogens is 356 g/mol. The molecule has 0 saturated carbocycles. The Kier molecular flexibility index (Phi) is 4.89. The molecule has 134 valence electrons. The molecule has 0 spiro atoms. The second kappa shape index (κ2) is 7.63. The molecule has 0 aliphatic rings. The van der Waals surface area contributed by atoms with Crippen molar-refractivity contribution in [2.75, 3.05) is 5.32 Å². The summed E-state index contributed by atoms with van der Waals surface area (Å²) in [5.41, 5.74) is 3.60. The molecule has 0 unspecified atom stereocenters. The molecule has 2 aromatic carbocycles. The van der Waals surface area contributed by atoms with Crippen LogP contribution in [0.2, 0.25) is 0 Å². The van der Waals surface area contributed by atoms with Crippen molar-refractivity contribution in [2.45, 2.75) is 17.3 Å². The number of rotatable bonds is 5. The van der Waals surface area contributed by atoms with E-state index < -0.39 is 5.25 Å². The molecule has 4 aromatic rings. The van der Waals surface area contributed by atoms with Gasteiger partial charge in [0.25, 0.3) is 0 Å². The van der Waals surface area contributed by atoms with E-state index in [4.69, 9.17) is 0 Å². The monoisotopic (exact) mass is 374 g/mol. The quantitative estimate of drug-likeness (QED) is 0.522. The van der Waals surface area contributed by atoms with Crippen LogP contribution in [0.4, 0.5) is 5.69 Å². The van der Waals surface area contributed by atoms with Gasteiger partial charge in [-0.15, -0.1) is 10.2 Å². The number of pyridine rings is 1. The van der Waals surface area contributed by atoms with Crippen LogP contribution >= 0.6 is 11.8 Å². The highest BCUT2D eigenvalue weighted by atomic mass is 32.2. The van der Waals surface area contributed by atoms with E-state index in [0.29, 0.717) is 5.16 Å². The lowest BCUT2D eigenvalue weighted by molar-refractivity contribution is -0.115. The lowest BCUT2D eigenvalue weighted by Crippen LogP contribution is -2.19. The highest BCUT2D eigenvalue weighted by molar-refractivity contribution is 8.00. The summed E-state index contributed by atoms with van der Waals surface area (Å²) < 4.78 is 1.89. The molecule has 0 fully saturated rings. The number of fused-ring (bicyclic) bond motifs is 1. The number of hydrogen-bond donors (Lipinski definition) is 1. The number of aromatic nitrogens is 3. The smallest absolute Gasteiger partial charge is 0.242 e. The van der Waals surface area contributed by atoms with Crippen LogP contribution in [0.1, 0.15) is 16.4 Å². The molecule has 27 heavy (non-hydrogen) atoms. The minimum absolute atomic E-state index is 0.0947. The van der Waals surface area contributed by atoms with Crippen molar-refractivity contribution in [1.29, 1.82) is 0 Å². The highest BCUT2D eigenvalue weighted by Gasteiger charge is 2.24. The van der Waals surface area contributed by atoms with E-state index >= 15 is 0 Å². The van der Waals surface area contributed by atoms with Gasteiger partial charge < -0.3 is 5.32 Å². The van der Waals surface area contributed by atoms with Gasteiger partial charge in [0.05, 0.1) is 0 Å².